The average molecular weight is 553 g/mol. The lowest BCUT2D eigenvalue weighted by molar-refractivity contribution is -0.161. The molecule has 2 nitrogen and oxygen atoms in total. The van der Waals surface area contributed by atoms with E-state index in [9.17, 15) is 26.3 Å². The molecule has 0 radical (unpaired) electrons. The van der Waals surface area contributed by atoms with Crippen molar-refractivity contribution in [1.82, 2.24) is 4.90 Å². The van der Waals surface area contributed by atoms with E-state index in [2.05, 4.69) is 24.0 Å². The third-order valence-corrected chi connectivity index (χ3v) is 8.27. The van der Waals surface area contributed by atoms with Crippen LogP contribution in [0.15, 0.2) is 48.5 Å². The van der Waals surface area contributed by atoms with Crippen LogP contribution in [0.4, 0.5) is 26.3 Å². The Hall–Kier alpha value is -2.53. The highest BCUT2D eigenvalue weighted by Gasteiger charge is 2.67. The van der Waals surface area contributed by atoms with Gasteiger partial charge in [-0.3, -0.25) is 0 Å². The fourth-order valence-electron chi connectivity index (χ4n) is 5.71. The Labute approximate surface area is 228 Å². The number of hydrogen-bond donors (Lipinski definition) is 0. The number of halogens is 6. The third-order valence-electron chi connectivity index (χ3n) is 8.27. The molecule has 2 aromatic rings. The summed E-state index contributed by atoms with van der Waals surface area (Å²) in [7, 11) is 0. The number of alkyl halides is 6. The van der Waals surface area contributed by atoms with Gasteiger partial charge in [-0.15, -0.1) is 0 Å². The van der Waals surface area contributed by atoms with Gasteiger partial charge in [0.1, 0.15) is 0 Å². The summed E-state index contributed by atoms with van der Waals surface area (Å²) in [4.78, 5) is 2.31. The van der Waals surface area contributed by atoms with Gasteiger partial charge in [0.2, 0.25) is 0 Å². The molecule has 0 aromatic heterocycles. The molecule has 214 valence electrons. The molecule has 1 unspecified atom stereocenters. The Kier molecular flexibility index (Phi) is 9.80. The zero-order chi connectivity index (χ0) is 28.9. The lowest BCUT2D eigenvalue weighted by Gasteiger charge is -2.32. The zero-order valence-corrected chi connectivity index (χ0v) is 22.9. The summed E-state index contributed by atoms with van der Waals surface area (Å²) >= 11 is 0. The lowest BCUT2D eigenvalue weighted by Crippen LogP contribution is -2.37. The van der Waals surface area contributed by atoms with E-state index in [1.54, 1.807) is 6.07 Å². The van der Waals surface area contributed by atoms with Gasteiger partial charge in [0.15, 0.2) is 0 Å². The van der Waals surface area contributed by atoms with Gasteiger partial charge in [0.25, 0.3) is 0 Å². The minimum absolute atomic E-state index is 0.0386. The zero-order valence-electron chi connectivity index (χ0n) is 22.9. The second kappa shape index (κ2) is 12.3. The topological polar surface area (TPSA) is 27.0 Å². The van der Waals surface area contributed by atoms with E-state index in [1.165, 1.54) is 30.7 Å². The molecular weight excluding hydrogens is 514 g/mol. The van der Waals surface area contributed by atoms with Crippen LogP contribution in [-0.2, 0) is 23.7 Å². The molecule has 2 aromatic carbocycles. The van der Waals surface area contributed by atoms with E-state index >= 15 is 0 Å². The highest BCUT2D eigenvalue weighted by molar-refractivity contribution is 5.50. The average Bonchev–Trinajstić information content (AvgIpc) is 3.79. The standard InChI is InChI=1S/C29H35F6N.C2H3N/c1-3-19-36(20-14-22-8-5-4-6-9-22)21(2)12-13-23-24(26(15-16-26)28(30,31)32)10-7-11-25(23)27(17-18-27)29(33,34)35;1-2-3/h4-11,21H,3,12-20H2,1-2H3;1H3. The van der Waals surface area contributed by atoms with Crippen LogP contribution in [-0.4, -0.2) is 36.4 Å². The first kappa shape index (κ1) is 31.0. The Morgan fingerprint density at radius 2 is 1.31 bits per heavy atom. The number of hydrogen-bond acceptors (Lipinski definition) is 2. The maximum atomic E-state index is 14.1. The molecule has 4 rings (SSSR count). The molecule has 0 aliphatic heterocycles. The molecule has 39 heavy (non-hydrogen) atoms. The first-order chi connectivity index (χ1) is 18.4. The van der Waals surface area contributed by atoms with Crippen LogP contribution < -0.4 is 0 Å². The molecule has 0 spiro atoms. The van der Waals surface area contributed by atoms with Crippen molar-refractivity contribution >= 4 is 0 Å². The van der Waals surface area contributed by atoms with Crippen molar-refractivity contribution in [3.63, 3.8) is 0 Å². The van der Waals surface area contributed by atoms with Gasteiger partial charge < -0.3 is 4.90 Å². The molecule has 1 atom stereocenters. The second-order valence-corrected chi connectivity index (χ2v) is 10.9. The van der Waals surface area contributed by atoms with Crippen LogP contribution in [0.5, 0.6) is 0 Å². The molecule has 2 saturated carbocycles. The minimum Gasteiger partial charge on any atom is -0.300 e. The quantitative estimate of drug-likeness (QED) is 0.261. The van der Waals surface area contributed by atoms with Gasteiger partial charge in [-0.2, -0.15) is 31.6 Å². The number of rotatable bonds is 11. The summed E-state index contributed by atoms with van der Waals surface area (Å²) < 4.78 is 84.6. The predicted molar refractivity (Wildman–Crippen MR) is 141 cm³/mol. The Morgan fingerprint density at radius 3 is 1.72 bits per heavy atom. The molecule has 2 aliphatic carbocycles. The van der Waals surface area contributed by atoms with E-state index in [0.717, 1.165) is 25.9 Å². The lowest BCUT2D eigenvalue weighted by atomic mass is 9.80. The summed E-state index contributed by atoms with van der Waals surface area (Å²) in [6, 6.07) is 16.1. The highest BCUT2D eigenvalue weighted by atomic mass is 19.4. The first-order valence-electron chi connectivity index (χ1n) is 13.7. The van der Waals surface area contributed by atoms with Gasteiger partial charge >= 0.3 is 12.4 Å². The monoisotopic (exact) mass is 552 g/mol. The molecule has 2 aliphatic rings. The van der Waals surface area contributed by atoms with Crippen LogP contribution in [0, 0.1) is 11.3 Å². The smallest absolute Gasteiger partial charge is 0.300 e. The number of nitrogens with zero attached hydrogens (tertiary/aromatic N) is 2. The molecule has 2 fully saturated rings. The van der Waals surface area contributed by atoms with Crippen LogP contribution in [0.25, 0.3) is 0 Å². The fourth-order valence-corrected chi connectivity index (χ4v) is 5.71. The molecule has 0 saturated heterocycles. The van der Waals surface area contributed by atoms with Crippen LogP contribution in [0.1, 0.15) is 81.5 Å². The molecule has 8 heteroatoms. The van der Waals surface area contributed by atoms with Gasteiger partial charge in [0, 0.05) is 19.5 Å². The van der Waals surface area contributed by atoms with Crippen molar-refractivity contribution in [2.75, 3.05) is 13.1 Å². The van der Waals surface area contributed by atoms with Crippen molar-refractivity contribution in [3.05, 3.63) is 70.8 Å². The predicted octanol–water partition coefficient (Wildman–Crippen LogP) is 8.68. The van der Waals surface area contributed by atoms with Gasteiger partial charge in [-0.05, 0) is 87.1 Å². The summed E-state index contributed by atoms with van der Waals surface area (Å²) in [6.45, 7) is 7.18. The fraction of sp³-hybridized carbons (Fsp3) is 0.581. The number of nitriles is 1. The molecular formula is C31H38F6N2. The Bertz CT molecular complexity index is 1060. The van der Waals surface area contributed by atoms with Gasteiger partial charge in [0.05, 0.1) is 16.9 Å². The largest absolute Gasteiger partial charge is 0.398 e. The van der Waals surface area contributed by atoms with Crippen molar-refractivity contribution in [1.29, 1.82) is 5.26 Å². The maximum Gasteiger partial charge on any atom is 0.398 e. The summed E-state index contributed by atoms with van der Waals surface area (Å²) in [6.07, 6.45) is -6.65. The van der Waals surface area contributed by atoms with Crippen molar-refractivity contribution in [3.8, 4) is 6.07 Å². The first-order valence-corrected chi connectivity index (χ1v) is 13.7. The van der Waals surface area contributed by atoms with Crippen LogP contribution >= 0.6 is 0 Å². The van der Waals surface area contributed by atoms with Gasteiger partial charge in [-0.25, -0.2) is 0 Å². The maximum absolute atomic E-state index is 14.1. The van der Waals surface area contributed by atoms with Gasteiger partial charge in [-0.1, -0.05) is 55.5 Å². The SMILES string of the molecule is CC#N.CCCN(CCc1ccccc1)C(C)CCc1c(C2(C(F)(F)F)CC2)cccc1C1(C(F)(F)F)CC1. The van der Waals surface area contributed by atoms with Crippen molar-refractivity contribution in [2.24, 2.45) is 0 Å². The Morgan fingerprint density at radius 1 is 0.821 bits per heavy atom. The Balaban J connectivity index is 0.00000134. The minimum atomic E-state index is -4.47. The summed E-state index contributed by atoms with van der Waals surface area (Å²) in [5.41, 5.74) is -2.36. The van der Waals surface area contributed by atoms with Crippen molar-refractivity contribution in [2.45, 2.75) is 101 Å². The summed E-state index contributed by atoms with van der Waals surface area (Å²) in [5.74, 6) is 0. The third kappa shape index (κ3) is 6.80. The summed E-state index contributed by atoms with van der Waals surface area (Å²) in [5, 5.41) is 7.32. The molecule has 0 heterocycles. The van der Waals surface area contributed by atoms with Crippen LogP contribution in [0.2, 0.25) is 0 Å². The van der Waals surface area contributed by atoms with Crippen LogP contribution in [0.3, 0.4) is 0 Å². The molecule has 0 amide bonds. The van der Waals surface area contributed by atoms with Crippen molar-refractivity contribution < 1.29 is 26.3 Å². The number of benzene rings is 2. The van der Waals surface area contributed by atoms with E-state index in [0.29, 0.717) is 6.42 Å². The second-order valence-electron chi connectivity index (χ2n) is 10.9. The van der Waals surface area contributed by atoms with E-state index in [4.69, 9.17) is 5.26 Å². The van der Waals surface area contributed by atoms with E-state index in [-0.39, 0.29) is 54.8 Å². The highest BCUT2D eigenvalue weighted by Crippen LogP contribution is 2.63. The normalized spacial score (nSPS) is 18.1. The molecule has 0 bridgehead atoms. The van der Waals surface area contributed by atoms with E-state index in [1.807, 2.05) is 25.1 Å². The van der Waals surface area contributed by atoms with E-state index < -0.39 is 23.2 Å². The molecule has 0 N–H and O–H groups in total.